The monoisotopic (exact) mass is 481 g/mol. The van der Waals surface area contributed by atoms with Crippen LogP contribution in [0, 0.1) is 11.3 Å². The lowest BCUT2D eigenvalue weighted by Crippen LogP contribution is -2.11. The standard InChI is InChI=1S/C25H18Cl3N3O/c1-31-15-30-13-24(31)25(17-4-2-16(12-29)3-5-17)32-14-19-6-8-20(26)11-21(19)18-7-9-22(27)23(28)10-18/h2-11,13,15,25H,14H2,1H3. The first-order valence-corrected chi connectivity index (χ1v) is 10.9. The molecule has 0 N–H and O–H groups in total. The van der Waals surface area contributed by atoms with Crippen molar-refractivity contribution in [2.24, 2.45) is 7.05 Å². The average molecular weight is 483 g/mol. The van der Waals surface area contributed by atoms with Crippen LogP contribution in [-0.2, 0) is 18.4 Å². The van der Waals surface area contributed by atoms with Crippen LogP contribution in [-0.4, -0.2) is 9.55 Å². The smallest absolute Gasteiger partial charge is 0.124 e. The highest BCUT2D eigenvalue weighted by Crippen LogP contribution is 2.34. The van der Waals surface area contributed by atoms with Gasteiger partial charge in [0.2, 0.25) is 0 Å². The Kier molecular flexibility index (Phi) is 6.83. The van der Waals surface area contributed by atoms with Crippen molar-refractivity contribution < 1.29 is 4.74 Å². The third-order valence-electron chi connectivity index (χ3n) is 5.17. The van der Waals surface area contributed by atoms with E-state index >= 15 is 0 Å². The first-order valence-electron chi connectivity index (χ1n) is 9.78. The lowest BCUT2D eigenvalue weighted by molar-refractivity contribution is 0.0624. The fourth-order valence-electron chi connectivity index (χ4n) is 3.48. The molecule has 0 aliphatic rings. The summed E-state index contributed by atoms with van der Waals surface area (Å²) >= 11 is 18.6. The SMILES string of the molecule is Cn1cncc1C(OCc1ccc(Cl)cc1-c1ccc(Cl)c(Cl)c1)c1ccc(C#N)cc1. The molecule has 4 nitrogen and oxygen atoms in total. The number of hydrogen-bond acceptors (Lipinski definition) is 3. The van der Waals surface area contributed by atoms with Crippen LogP contribution in [0.15, 0.2) is 73.2 Å². The molecule has 7 heteroatoms. The Morgan fingerprint density at radius 3 is 2.44 bits per heavy atom. The van der Waals surface area contributed by atoms with E-state index in [9.17, 15) is 0 Å². The van der Waals surface area contributed by atoms with Crippen molar-refractivity contribution in [1.29, 1.82) is 5.26 Å². The van der Waals surface area contributed by atoms with E-state index in [-0.39, 0.29) is 6.10 Å². The topological polar surface area (TPSA) is 50.8 Å². The highest BCUT2D eigenvalue weighted by atomic mass is 35.5. The van der Waals surface area contributed by atoms with Crippen LogP contribution < -0.4 is 0 Å². The molecule has 1 atom stereocenters. The van der Waals surface area contributed by atoms with Gasteiger partial charge in [-0.1, -0.05) is 59.1 Å². The Balaban J connectivity index is 1.68. The quantitative estimate of drug-likeness (QED) is 0.291. The van der Waals surface area contributed by atoms with Gasteiger partial charge in [-0.25, -0.2) is 4.98 Å². The Bertz CT molecular complexity index is 1290. The molecular weight excluding hydrogens is 465 g/mol. The molecule has 0 fully saturated rings. The lowest BCUT2D eigenvalue weighted by atomic mass is 10.00. The largest absolute Gasteiger partial charge is 0.362 e. The summed E-state index contributed by atoms with van der Waals surface area (Å²) in [6.45, 7) is 0.322. The van der Waals surface area contributed by atoms with Crippen molar-refractivity contribution >= 4 is 34.8 Å². The maximum absolute atomic E-state index is 9.12. The van der Waals surface area contributed by atoms with E-state index in [2.05, 4.69) is 11.1 Å². The minimum atomic E-state index is -0.368. The van der Waals surface area contributed by atoms with Gasteiger partial charge in [0.05, 0.1) is 46.5 Å². The summed E-state index contributed by atoms with van der Waals surface area (Å²) in [4.78, 5) is 4.24. The molecule has 0 aliphatic carbocycles. The number of ether oxygens (including phenoxy) is 1. The van der Waals surface area contributed by atoms with Crippen molar-refractivity contribution in [2.45, 2.75) is 12.7 Å². The Morgan fingerprint density at radius 2 is 1.78 bits per heavy atom. The van der Waals surface area contributed by atoms with Gasteiger partial charge in [-0.15, -0.1) is 0 Å². The summed E-state index contributed by atoms with van der Waals surface area (Å²) in [5.41, 5.74) is 5.19. The highest BCUT2D eigenvalue weighted by molar-refractivity contribution is 6.42. The number of aryl methyl sites for hydroxylation is 1. The van der Waals surface area contributed by atoms with Crippen LogP contribution in [0.2, 0.25) is 15.1 Å². The van der Waals surface area contributed by atoms with Crippen molar-refractivity contribution in [1.82, 2.24) is 9.55 Å². The molecule has 0 saturated carbocycles. The van der Waals surface area contributed by atoms with Crippen LogP contribution in [0.1, 0.15) is 28.5 Å². The van der Waals surface area contributed by atoms with Crippen molar-refractivity contribution in [2.75, 3.05) is 0 Å². The molecule has 0 saturated heterocycles. The Morgan fingerprint density at radius 1 is 1.00 bits per heavy atom. The second-order valence-electron chi connectivity index (χ2n) is 7.28. The van der Waals surface area contributed by atoms with Gasteiger partial charge in [-0.3, -0.25) is 0 Å². The van der Waals surface area contributed by atoms with Gasteiger partial charge >= 0.3 is 0 Å². The van der Waals surface area contributed by atoms with E-state index < -0.39 is 0 Å². The number of imidazole rings is 1. The van der Waals surface area contributed by atoms with E-state index in [0.29, 0.717) is 27.2 Å². The van der Waals surface area contributed by atoms with Crippen LogP contribution >= 0.6 is 34.8 Å². The van der Waals surface area contributed by atoms with E-state index in [1.54, 1.807) is 30.7 Å². The summed E-state index contributed by atoms with van der Waals surface area (Å²) in [7, 11) is 1.92. The maximum Gasteiger partial charge on any atom is 0.124 e. The molecule has 160 valence electrons. The van der Waals surface area contributed by atoms with Gasteiger partial charge in [0, 0.05) is 12.1 Å². The molecule has 1 unspecified atom stereocenters. The van der Waals surface area contributed by atoms with E-state index in [0.717, 1.165) is 27.9 Å². The van der Waals surface area contributed by atoms with Crippen LogP contribution in [0.3, 0.4) is 0 Å². The second-order valence-corrected chi connectivity index (χ2v) is 8.54. The van der Waals surface area contributed by atoms with Gasteiger partial charge < -0.3 is 9.30 Å². The van der Waals surface area contributed by atoms with Gasteiger partial charge in [0.15, 0.2) is 0 Å². The molecular formula is C25H18Cl3N3O. The first-order chi connectivity index (χ1) is 15.5. The zero-order valence-electron chi connectivity index (χ0n) is 17.1. The van der Waals surface area contributed by atoms with Crippen LogP contribution in [0.4, 0.5) is 0 Å². The normalized spacial score (nSPS) is 11.8. The van der Waals surface area contributed by atoms with Crippen LogP contribution in [0.5, 0.6) is 0 Å². The van der Waals surface area contributed by atoms with Gasteiger partial charge in [-0.05, 0) is 58.7 Å². The van der Waals surface area contributed by atoms with E-state index in [4.69, 9.17) is 44.8 Å². The molecule has 0 spiro atoms. The van der Waals surface area contributed by atoms with Crippen LogP contribution in [0.25, 0.3) is 11.1 Å². The lowest BCUT2D eigenvalue weighted by Gasteiger charge is -2.20. The summed E-state index contributed by atoms with van der Waals surface area (Å²) in [5, 5.41) is 10.7. The minimum Gasteiger partial charge on any atom is -0.362 e. The van der Waals surface area contributed by atoms with Crippen molar-refractivity contribution in [3.63, 3.8) is 0 Å². The fourth-order valence-corrected chi connectivity index (χ4v) is 3.96. The Hall–Kier alpha value is -2.81. The molecule has 0 aliphatic heterocycles. The summed E-state index contributed by atoms with van der Waals surface area (Å²) in [6, 6.07) is 20.7. The van der Waals surface area contributed by atoms with E-state index in [1.165, 1.54) is 0 Å². The molecule has 1 heterocycles. The third-order valence-corrected chi connectivity index (χ3v) is 6.15. The predicted octanol–water partition coefficient (Wildman–Crippen LogP) is 7.23. The number of aromatic nitrogens is 2. The zero-order chi connectivity index (χ0) is 22.7. The maximum atomic E-state index is 9.12. The van der Waals surface area contributed by atoms with Gasteiger partial charge in [-0.2, -0.15) is 5.26 Å². The molecule has 4 rings (SSSR count). The summed E-state index contributed by atoms with van der Waals surface area (Å²) < 4.78 is 8.34. The van der Waals surface area contributed by atoms with Crippen molar-refractivity contribution in [3.8, 4) is 17.2 Å². The number of benzene rings is 3. The molecule has 0 bridgehead atoms. The summed E-state index contributed by atoms with van der Waals surface area (Å²) in [6.07, 6.45) is 3.15. The molecule has 0 radical (unpaired) electrons. The number of rotatable bonds is 6. The molecule has 32 heavy (non-hydrogen) atoms. The highest BCUT2D eigenvalue weighted by Gasteiger charge is 2.19. The fraction of sp³-hybridized carbons (Fsp3) is 0.120. The Labute approximate surface area is 201 Å². The van der Waals surface area contributed by atoms with Gasteiger partial charge in [0.25, 0.3) is 0 Å². The predicted molar refractivity (Wildman–Crippen MR) is 128 cm³/mol. The van der Waals surface area contributed by atoms with Crippen molar-refractivity contribution in [3.05, 3.63) is 111 Å². The molecule has 4 aromatic rings. The van der Waals surface area contributed by atoms with E-state index in [1.807, 2.05) is 54.1 Å². The number of nitriles is 1. The first kappa shape index (κ1) is 22.4. The third kappa shape index (κ3) is 4.82. The molecule has 0 amide bonds. The number of hydrogen-bond donors (Lipinski definition) is 0. The average Bonchev–Trinajstić information content (AvgIpc) is 3.22. The minimum absolute atomic E-state index is 0.322. The zero-order valence-corrected chi connectivity index (χ0v) is 19.4. The number of nitrogens with zero attached hydrogens (tertiary/aromatic N) is 3. The summed E-state index contributed by atoms with van der Waals surface area (Å²) in [5.74, 6) is 0. The second kappa shape index (κ2) is 9.77. The van der Waals surface area contributed by atoms with Gasteiger partial charge in [0.1, 0.15) is 6.10 Å². The molecule has 3 aromatic carbocycles. The number of halogens is 3. The molecule has 1 aromatic heterocycles.